The van der Waals surface area contributed by atoms with Crippen molar-refractivity contribution in [3.05, 3.63) is 102 Å². The average Bonchev–Trinajstić information content (AvgIpc) is 2.83. The van der Waals surface area contributed by atoms with E-state index in [-0.39, 0.29) is 29.3 Å². The average molecular weight is 456 g/mol. The minimum absolute atomic E-state index is 0.164. The molecule has 0 fully saturated rings. The Kier molecular flexibility index (Phi) is 5.40. The molecule has 0 bridgehead atoms. The van der Waals surface area contributed by atoms with Crippen LogP contribution in [0, 0.1) is 5.82 Å². The fourth-order valence-electron chi connectivity index (χ4n) is 3.84. The van der Waals surface area contributed by atoms with Crippen LogP contribution in [0.3, 0.4) is 0 Å². The van der Waals surface area contributed by atoms with Gasteiger partial charge in [0, 0.05) is 27.1 Å². The van der Waals surface area contributed by atoms with E-state index < -0.39 is 0 Å². The van der Waals surface area contributed by atoms with E-state index in [1.54, 1.807) is 60.7 Å². The van der Waals surface area contributed by atoms with Gasteiger partial charge in [-0.25, -0.2) is 9.29 Å². The molecule has 1 aliphatic heterocycles. The minimum Gasteiger partial charge on any atom is -0.325 e. The van der Waals surface area contributed by atoms with E-state index in [1.807, 2.05) is 12.1 Å². The topological polar surface area (TPSA) is 66.5 Å². The van der Waals surface area contributed by atoms with Gasteiger partial charge in [-0.3, -0.25) is 14.4 Å². The molecule has 0 aliphatic carbocycles. The van der Waals surface area contributed by atoms with Crippen LogP contribution in [0.4, 0.5) is 15.8 Å². The second kappa shape index (κ2) is 8.52. The van der Waals surface area contributed by atoms with Gasteiger partial charge in [0.2, 0.25) is 5.91 Å². The first-order valence-electron chi connectivity index (χ1n) is 10.2. The van der Waals surface area contributed by atoms with E-state index in [0.29, 0.717) is 27.9 Å². The highest BCUT2D eigenvalue weighted by Crippen LogP contribution is 2.33. The summed E-state index contributed by atoms with van der Waals surface area (Å²) in [4.78, 5) is 40.5. The number of carbonyl (C=O) groups excluding carboxylic acids is 3. The third-order valence-corrected chi connectivity index (χ3v) is 6.38. The molecule has 1 N–H and O–H groups in total. The Morgan fingerprint density at radius 1 is 0.818 bits per heavy atom. The van der Waals surface area contributed by atoms with Crippen LogP contribution < -0.4 is 10.2 Å². The molecule has 0 radical (unpaired) electrons. The lowest BCUT2D eigenvalue weighted by molar-refractivity contribution is -0.113. The maximum atomic E-state index is 13.1. The smallest absolute Gasteiger partial charge is 0.265 e. The van der Waals surface area contributed by atoms with Gasteiger partial charge < -0.3 is 5.32 Å². The van der Waals surface area contributed by atoms with E-state index in [2.05, 4.69) is 5.32 Å². The van der Waals surface area contributed by atoms with Crippen LogP contribution in [0.25, 0.3) is 10.8 Å². The van der Waals surface area contributed by atoms with Crippen molar-refractivity contribution in [1.29, 1.82) is 0 Å². The van der Waals surface area contributed by atoms with Crippen molar-refractivity contribution in [3.8, 4) is 0 Å². The highest BCUT2D eigenvalue weighted by molar-refractivity contribution is 8.00. The highest BCUT2D eigenvalue weighted by atomic mass is 32.2. The van der Waals surface area contributed by atoms with Crippen molar-refractivity contribution >= 4 is 51.6 Å². The molecule has 0 atom stereocenters. The van der Waals surface area contributed by atoms with E-state index in [9.17, 15) is 18.8 Å². The fraction of sp³-hybridized carbons (Fsp3) is 0.0385. The SMILES string of the molecule is O=C(CSc1ccc(F)cc1)Nc1ccc(N2C(=O)c3cccc4cccc(c34)C2=O)cc1. The first kappa shape index (κ1) is 20.9. The van der Waals surface area contributed by atoms with Crippen LogP contribution in [-0.4, -0.2) is 23.5 Å². The lowest BCUT2D eigenvalue weighted by atomic mass is 9.94. The standard InChI is InChI=1S/C26H17FN2O3S/c27-17-7-13-20(14-8-17)33-15-23(30)28-18-9-11-19(12-10-18)29-25(31)21-5-1-3-16-4-2-6-22(24(16)21)26(29)32/h1-14H,15H2,(H,28,30). The number of nitrogens with zero attached hydrogens (tertiary/aromatic N) is 1. The summed E-state index contributed by atoms with van der Waals surface area (Å²) in [5.41, 5.74) is 1.94. The number of nitrogens with one attached hydrogen (secondary N) is 1. The summed E-state index contributed by atoms with van der Waals surface area (Å²) >= 11 is 1.30. The molecule has 0 saturated heterocycles. The molecule has 0 unspecified atom stereocenters. The summed E-state index contributed by atoms with van der Waals surface area (Å²) in [6.07, 6.45) is 0. The van der Waals surface area contributed by atoms with Gasteiger partial charge in [0.05, 0.1) is 11.4 Å². The number of benzene rings is 4. The molecule has 0 spiro atoms. The summed E-state index contributed by atoms with van der Waals surface area (Å²) in [6, 6.07) is 23.3. The van der Waals surface area contributed by atoms with E-state index in [0.717, 1.165) is 15.2 Å². The molecular weight excluding hydrogens is 439 g/mol. The third kappa shape index (κ3) is 3.99. The Morgan fingerprint density at radius 2 is 1.42 bits per heavy atom. The van der Waals surface area contributed by atoms with Gasteiger partial charge in [-0.2, -0.15) is 0 Å². The lowest BCUT2D eigenvalue weighted by Crippen LogP contribution is -2.40. The molecular formula is C26H17FN2O3S. The third-order valence-electron chi connectivity index (χ3n) is 5.36. The summed E-state index contributed by atoms with van der Waals surface area (Å²) in [5.74, 6) is -1.14. The lowest BCUT2D eigenvalue weighted by Gasteiger charge is -2.27. The van der Waals surface area contributed by atoms with Gasteiger partial charge in [0.15, 0.2) is 0 Å². The summed E-state index contributed by atoms with van der Waals surface area (Å²) in [7, 11) is 0. The zero-order chi connectivity index (χ0) is 22.9. The first-order valence-corrected chi connectivity index (χ1v) is 11.2. The fourth-order valence-corrected chi connectivity index (χ4v) is 4.53. The molecule has 0 aromatic heterocycles. The predicted octanol–water partition coefficient (Wildman–Crippen LogP) is 5.51. The van der Waals surface area contributed by atoms with Crippen molar-refractivity contribution in [2.24, 2.45) is 0 Å². The molecule has 0 saturated carbocycles. The first-order chi connectivity index (χ1) is 16.0. The highest BCUT2D eigenvalue weighted by Gasteiger charge is 2.33. The molecule has 1 heterocycles. The molecule has 33 heavy (non-hydrogen) atoms. The zero-order valence-electron chi connectivity index (χ0n) is 17.2. The van der Waals surface area contributed by atoms with Crippen LogP contribution in [0.15, 0.2) is 89.8 Å². The number of rotatable bonds is 5. The number of hydrogen-bond acceptors (Lipinski definition) is 4. The van der Waals surface area contributed by atoms with E-state index in [4.69, 9.17) is 0 Å². The minimum atomic E-state index is -0.378. The van der Waals surface area contributed by atoms with E-state index in [1.165, 1.54) is 23.9 Å². The maximum absolute atomic E-state index is 13.1. The number of hydrogen-bond donors (Lipinski definition) is 1. The Labute approximate surface area is 193 Å². The van der Waals surface area contributed by atoms with Crippen LogP contribution >= 0.6 is 11.8 Å². The molecule has 4 aromatic carbocycles. The molecule has 3 amide bonds. The van der Waals surface area contributed by atoms with Crippen molar-refractivity contribution in [2.75, 3.05) is 16.0 Å². The second-order valence-electron chi connectivity index (χ2n) is 7.49. The zero-order valence-corrected chi connectivity index (χ0v) is 18.1. The van der Waals surface area contributed by atoms with Crippen molar-refractivity contribution < 1.29 is 18.8 Å². The summed E-state index contributed by atoms with van der Waals surface area (Å²) in [6.45, 7) is 0. The maximum Gasteiger partial charge on any atom is 0.265 e. The molecule has 4 aromatic rings. The number of carbonyl (C=O) groups is 3. The Morgan fingerprint density at radius 3 is 2.03 bits per heavy atom. The summed E-state index contributed by atoms with van der Waals surface area (Å²) in [5, 5.41) is 4.31. The van der Waals surface area contributed by atoms with Crippen LogP contribution in [0.5, 0.6) is 0 Å². The van der Waals surface area contributed by atoms with Crippen molar-refractivity contribution in [2.45, 2.75) is 4.90 Å². The Balaban J connectivity index is 1.31. The summed E-state index contributed by atoms with van der Waals surface area (Å²) < 4.78 is 13.0. The number of halogens is 1. The van der Waals surface area contributed by atoms with Crippen LogP contribution in [0.2, 0.25) is 0 Å². The number of imide groups is 1. The largest absolute Gasteiger partial charge is 0.325 e. The monoisotopic (exact) mass is 456 g/mol. The quantitative estimate of drug-likeness (QED) is 0.318. The molecule has 5 rings (SSSR count). The number of amides is 3. The van der Waals surface area contributed by atoms with Gasteiger partial charge in [0.1, 0.15) is 5.82 Å². The van der Waals surface area contributed by atoms with Gasteiger partial charge in [0.25, 0.3) is 11.8 Å². The number of anilines is 2. The van der Waals surface area contributed by atoms with Gasteiger partial charge in [-0.05, 0) is 66.0 Å². The predicted molar refractivity (Wildman–Crippen MR) is 127 cm³/mol. The number of thioether (sulfide) groups is 1. The second-order valence-corrected chi connectivity index (χ2v) is 8.54. The molecule has 7 heteroatoms. The molecule has 1 aliphatic rings. The Bertz CT molecular complexity index is 1350. The molecule has 5 nitrogen and oxygen atoms in total. The van der Waals surface area contributed by atoms with E-state index >= 15 is 0 Å². The van der Waals surface area contributed by atoms with Crippen molar-refractivity contribution in [1.82, 2.24) is 0 Å². The Hall–Kier alpha value is -3.97. The van der Waals surface area contributed by atoms with Gasteiger partial charge in [-0.15, -0.1) is 11.8 Å². The normalized spacial score (nSPS) is 12.8. The van der Waals surface area contributed by atoms with Crippen LogP contribution in [0.1, 0.15) is 20.7 Å². The van der Waals surface area contributed by atoms with Crippen molar-refractivity contribution in [3.63, 3.8) is 0 Å². The van der Waals surface area contributed by atoms with Gasteiger partial charge in [-0.1, -0.05) is 24.3 Å². The van der Waals surface area contributed by atoms with Crippen LogP contribution in [-0.2, 0) is 4.79 Å². The molecule has 162 valence electrons. The van der Waals surface area contributed by atoms with Gasteiger partial charge >= 0.3 is 0 Å².